The average molecular weight is 235 g/mol. The number of hydrogen-bond donors (Lipinski definition) is 1. The van der Waals surface area contributed by atoms with Gasteiger partial charge in [0.05, 0.1) is 12.0 Å². The molecule has 0 aliphatic heterocycles. The molecule has 17 heavy (non-hydrogen) atoms. The largest absolute Gasteiger partial charge is 0.334 e. The second-order valence-electron chi connectivity index (χ2n) is 5.19. The molecule has 0 aromatic carbocycles. The summed E-state index contributed by atoms with van der Waals surface area (Å²) in [5, 5.41) is 3.70. The molecule has 1 aliphatic rings. The Balaban J connectivity index is 1.81. The van der Waals surface area contributed by atoms with Gasteiger partial charge in [-0.3, -0.25) is 0 Å². The molecular weight excluding hydrogens is 210 g/mol. The summed E-state index contributed by atoms with van der Waals surface area (Å²) in [5.74, 6) is 0.942. The van der Waals surface area contributed by atoms with E-state index in [0.717, 1.165) is 19.0 Å². The molecule has 2 atom stereocenters. The number of imidazole rings is 1. The number of aromatic nitrogens is 2. The van der Waals surface area contributed by atoms with Gasteiger partial charge in [0.15, 0.2) is 0 Å². The maximum absolute atomic E-state index is 4.21. The minimum atomic E-state index is 0.717. The Bertz CT molecular complexity index is 332. The first-order valence-electron chi connectivity index (χ1n) is 7.05. The Hall–Kier alpha value is -0.830. The van der Waals surface area contributed by atoms with Crippen LogP contribution in [0.4, 0.5) is 0 Å². The summed E-state index contributed by atoms with van der Waals surface area (Å²) in [4.78, 5) is 4.21. The highest BCUT2D eigenvalue weighted by Gasteiger charge is 2.20. The number of rotatable bonds is 5. The highest BCUT2D eigenvalue weighted by molar-refractivity contribution is 4.98. The van der Waals surface area contributed by atoms with E-state index in [1.165, 1.54) is 37.8 Å². The van der Waals surface area contributed by atoms with Gasteiger partial charge in [-0.1, -0.05) is 26.2 Å². The summed E-state index contributed by atoms with van der Waals surface area (Å²) in [6.45, 7) is 6.46. The van der Waals surface area contributed by atoms with Crippen molar-refractivity contribution in [1.29, 1.82) is 0 Å². The Kier molecular flexibility index (Phi) is 4.60. The molecule has 3 heteroatoms. The van der Waals surface area contributed by atoms with Crippen LogP contribution in [0, 0.1) is 5.92 Å². The van der Waals surface area contributed by atoms with E-state index in [-0.39, 0.29) is 0 Å². The van der Waals surface area contributed by atoms with Crippen LogP contribution in [0.1, 0.15) is 51.6 Å². The van der Waals surface area contributed by atoms with Crippen LogP contribution in [-0.2, 0) is 13.1 Å². The third kappa shape index (κ3) is 3.32. The smallest absolute Gasteiger partial charge is 0.0948 e. The molecule has 1 aromatic rings. The zero-order valence-electron chi connectivity index (χ0n) is 11.2. The van der Waals surface area contributed by atoms with Crippen LogP contribution in [0.15, 0.2) is 12.5 Å². The summed E-state index contributed by atoms with van der Waals surface area (Å²) >= 11 is 0. The van der Waals surface area contributed by atoms with Crippen molar-refractivity contribution in [2.45, 2.75) is 65.1 Å². The van der Waals surface area contributed by atoms with Gasteiger partial charge in [0.25, 0.3) is 0 Å². The number of aryl methyl sites for hydroxylation is 1. The lowest BCUT2D eigenvalue weighted by molar-refractivity contribution is 0.277. The molecule has 0 bridgehead atoms. The Morgan fingerprint density at radius 3 is 3.06 bits per heavy atom. The number of nitrogens with one attached hydrogen (secondary N) is 1. The minimum Gasteiger partial charge on any atom is -0.334 e. The van der Waals surface area contributed by atoms with Crippen molar-refractivity contribution in [3.05, 3.63) is 18.2 Å². The van der Waals surface area contributed by atoms with E-state index in [4.69, 9.17) is 0 Å². The van der Waals surface area contributed by atoms with E-state index in [1.54, 1.807) is 0 Å². The summed E-state index contributed by atoms with van der Waals surface area (Å²) < 4.78 is 2.22. The van der Waals surface area contributed by atoms with Crippen LogP contribution < -0.4 is 5.32 Å². The first-order valence-corrected chi connectivity index (χ1v) is 7.05. The van der Waals surface area contributed by atoms with Gasteiger partial charge in [0.1, 0.15) is 0 Å². The summed E-state index contributed by atoms with van der Waals surface area (Å²) in [6, 6.07) is 0.717. The van der Waals surface area contributed by atoms with E-state index >= 15 is 0 Å². The van der Waals surface area contributed by atoms with Crippen LogP contribution >= 0.6 is 0 Å². The van der Waals surface area contributed by atoms with Crippen LogP contribution in [0.5, 0.6) is 0 Å². The van der Waals surface area contributed by atoms with Crippen molar-refractivity contribution >= 4 is 0 Å². The van der Waals surface area contributed by atoms with Gasteiger partial charge in [0, 0.05) is 25.3 Å². The predicted molar refractivity (Wildman–Crippen MR) is 70.8 cm³/mol. The van der Waals surface area contributed by atoms with Crippen molar-refractivity contribution in [2.24, 2.45) is 5.92 Å². The maximum Gasteiger partial charge on any atom is 0.0948 e. The fourth-order valence-corrected chi connectivity index (χ4v) is 2.88. The average Bonchev–Trinajstić information content (AvgIpc) is 2.84. The zero-order valence-corrected chi connectivity index (χ0v) is 11.2. The Morgan fingerprint density at radius 1 is 1.41 bits per heavy atom. The molecule has 0 saturated heterocycles. The van der Waals surface area contributed by atoms with E-state index < -0.39 is 0 Å². The van der Waals surface area contributed by atoms with Gasteiger partial charge in [0.2, 0.25) is 0 Å². The Morgan fingerprint density at radius 2 is 2.29 bits per heavy atom. The van der Waals surface area contributed by atoms with Gasteiger partial charge in [-0.15, -0.1) is 0 Å². The third-order valence-electron chi connectivity index (χ3n) is 4.07. The normalized spacial score (nSPS) is 25.1. The van der Waals surface area contributed by atoms with E-state index in [0.29, 0.717) is 6.04 Å². The van der Waals surface area contributed by atoms with Crippen molar-refractivity contribution < 1.29 is 0 Å². The zero-order chi connectivity index (χ0) is 12.1. The van der Waals surface area contributed by atoms with Crippen LogP contribution in [-0.4, -0.2) is 15.6 Å². The lowest BCUT2D eigenvalue weighted by Gasteiger charge is -2.29. The van der Waals surface area contributed by atoms with Crippen LogP contribution in [0.25, 0.3) is 0 Å². The molecule has 0 radical (unpaired) electrons. The fraction of sp³-hybridized carbons (Fsp3) is 0.786. The number of nitrogens with zero attached hydrogens (tertiary/aromatic N) is 2. The topological polar surface area (TPSA) is 29.9 Å². The molecule has 1 saturated carbocycles. The van der Waals surface area contributed by atoms with E-state index in [9.17, 15) is 0 Å². The van der Waals surface area contributed by atoms with Crippen LogP contribution in [0.3, 0.4) is 0 Å². The Labute approximate surface area is 105 Å². The van der Waals surface area contributed by atoms with Gasteiger partial charge >= 0.3 is 0 Å². The SMILES string of the molecule is CCC1CCCC(NCc2cncn2CC)C1. The molecule has 2 unspecified atom stereocenters. The van der Waals surface area contributed by atoms with Crippen LogP contribution in [0.2, 0.25) is 0 Å². The van der Waals surface area contributed by atoms with Crippen molar-refractivity contribution in [2.75, 3.05) is 0 Å². The van der Waals surface area contributed by atoms with Gasteiger partial charge in [-0.05, 0) is 25.7 Å². The lowest BCUT2D eigenvalue weighted by atomic mass is 9.84. The molecular formula is C14H25N3. The lowest BCUT2D eigenvalue weighted by Crippen LogP contribution is -2.34. The molecule has 2 rings (SSSR count). The third-order valence-corrected chi connectivity index (χ3v) is 4.07. The molecule has 0 spiro atoms. The molecule has 1 heterocycles. The highest BCUT2D eigenvalue weighted by atomic mass is 15.1. The quantitative estimate of drug-likeness (QED) is 0.850. The van der Waals surface area contributed by atoms with Crippen molar-refractivity contribution in [3.8, 4) is 0 Å². The van der Waals surface area contributed by atoms with Crippen molar-refractivity contribution in [3.63, 3.8) is 0 Å². The second-order valence-corrected chi connectivity index (χ2v) is 5.19. The highest BCUT2D eigenvalue weighted by Crippen LogP contribution is 2.26. The molecule has 0 amide bonds. The van der Waals surface area contributed by atoms with Gasteiger partial charge in [-0.25, -0.2) is 4.98 Å². The number of hydrogen-bond acceptors (Lipinski definition) is 2. The summed E-state index contributed by atoms with van der Waals surface area (Å²) in [6.07, 6.45) is 10.8. The summed E-state index contributed by atoms with van der Waals surface area (Å²) in [7, 11) is 0. The first kappa shape index (κ1) is 12.6. The molecule has 1 aliphatic carbocycles. The standard InChI is InChI=1S/C14H25N3/c1-3-12-6-5-7-13(8-12)16-10-14-9-15-11-17(14)4-2/h9,11-13,16H,3-8,10H2,1-2H3. The van der Waals surface area contributed by atoms with E-state index in [1.807, 2.05) is 12.5 Å². The minimum absolute atomic E-state index is 0.717. The summed E-state index contributed by atoms with van der Waals surface area (Å²) in [5.41, 5.74) is 1.31. The predicted octanol–water partition coefficient (Wildman–Crippen LogP) is 2.96. The molecule has 96 valence electrons. The fourth-order valence-electron chi connectivity index (χ4n) is 2.88. The van der Waals surface area contributed by atoms with Gasteiger partial charge < -0.3 is 9.88 Å². The van der Waals surface area contributed by atoms with Gasteiger partial charge in [-0.2, -0.15) is 0 Å². The second kappa shape index (κ2) is 6.20. The van der Waals surface area contributed by atoms with Crippen molar-refractivity contribution in [1.82, 2.24) is 14.9 Å². The monoisotopic (exact) mass is 235 g/mol. The molecule has 3 nitrogen and oxygen atoms in total. The molecule has 1 N–H and O–H groups in total. The van der Waals surface area contributed by atoms with E-state index in [2.05, 4.69) is 28.7 Å². The maximum atomic E-state index is 4.21. The first-order chi connectivity index (χ1) is 8.33. The molecule has 1 fully saturated rings. The molecule has 1 aromatic heterocycles.